The second-order valence-electron chi connectivity index (χ2n) is 6.90. The SMILES string of the molecule is CC(C)[C@H](N)C(=O)N1CCN(CC2CCCCC2)CC1. The average molecular weight is 281 g/mol. The molecule has 2 N–H and O–H groups in total. The molecular formula is C16H31N3O. The van der Waals surface area contributed by atoms with Crippen LogP contribution in [0.2, 0.25) is 0 Å². The van der Waals surface area contributed by atoms with Crippen molar-refractivity contribution < 1.29 is 4.79 Å². The molecule has 2 rings (SSSR count). The van der Waals surface area contributed by atoms with Crippen LogP contribution in [0.4, 0.5) is 0 Å². The molecule has 1 saturated heterocycles. The van der Waals surface area contributed by atoms with E-state index in [1.54, 1.807) is 0 Å². The highest BCUT2D eigenvalue weighted by atomic mass is 16.2. The van der Waals surface area contributed by atoms with Crippen LogP contribution < -0.4 is 5.73 Å². The first-order valence-corrected chi connectivity index (χ1v) is 8.34. The molecule has 1 aliphatic carbocycles. The standard InChI is InChI=1S/C16H31N3O/c1-13(2)15(17)16(20)19-10-8-18(9-11-19)12-14-6-4-3-5-7-14/h13-15H,3-12,17H2,1-2H3/t15-/m0/s1. The molecule has 4 nitrogen and oxygen atoms in total. The smallest absolute Gasteiger partial charge is 0.239 e. The van der Waals surface area contributed by atoms with Crippen molar-refractivity contribution in [2.75, 3.05) is 32.7 Å². The molecule has 2 aliphatic rings. The van der Waals surface area contributed by atoms with E-state index in [4.69, 9.17) is 5.73 Å². The van der Waals surface area contributed by atoms with E-state index in [2.05, 4.69) is 4.90 Å². The molecule has 0 bridgehead atoms. The summed E-state index contributed by atoms with van der Waals surface area (Å²) >= 11 is 0. The van der Waals surface area contributed by atoms with Gasteiger partial charge in [-0.25, -0.2) is 0 Å². The summed E-state index contributed by atoms with van der Waals surface area (Å²) in [7, 11) is 0. The van der Waals surface area contributed by atoms with Crippen LogP contribution in [-0.4, -0.2) is 54.5 Å². The van der Waals surface area contributed by atoms with Crippen LogP contribution in [0, 0.1) is 11.8 Å². The first-order valence-electron chi connectivity index (χ1n) is 8.34. The summed E-state index contributed by atoms with van der Waals surface area (Å²) in [6.07, 6.45) is 7.04. The van der Waals surface area contributed by atoms with Gasteiger partial charge < -0.3 is 10.6 Å². The first kappa shape index (κ1) is 15.8. The van der Waals surface area contributed by atoms with Gasteiger partial charge in [0.05, 0.1) is 6.04 Å². The van der Waals surface area contributed by atoms with Gasteiger partial charge in [-0.2, -0.15) is 0 Å². The third kappa shape index (κ3) is 4.19. The van der Waals surface area contributed by atoms with E-state index < -0.39 is 0 Å². The van der Waals surface area contributed by atoms with E-state index in [-0.39, 0.29) is 17.9 Å². The summed E-state index contributed by atoms with van der Waals surface area (Å²) in [5.41, 5.74) is 5.97. The fraction of sp³-hybridized carbons (Fsp3) is 0.938. The number of amides is 1. The maximum atomic E-state index is 12.2. The van der Waals surface area contributed by atoms with Crippen LogP contribution in [0.3, 0.4) is 0 Å². The second-order valence-corrected chi connectivity index (χ2v) is 6.90. The molecule has 1 heterocycles. The summed E-state index contributed by atoms with van der Waals surface area (Å²) in [4.78, 5) is 16.7. The van der Waals surface area contributed by atoms with Crippen molar-refractivity contribution in [3.63, 3.8) is 0 Å². The molecule has 0 aromatic rings. The van der Waals surface area contributed by atoms with Crippen molar-refractivity contribution in [2.24, 2.45) is 17.6 Å². The lowest BCUT2D eigenvalue weighted by Crippen LogP contribution is -2.54. The average Bonchev–Trinajstić information content (AvgIpc) is 2.47. The number of nitrogens with two attached hydrogens (primary N) is 1. The Morgan fingerprint density at radius 1 is 1.10 bits per heavy atom. The Bertz CT molecular complexity index is 305. The Morgan fingerprint density at radius 2 is 1.70 bits per heavy atom. The zero-order valence-corrected chi connectivity index (χ0v) is 13.2. The largest absolute Gasteiger partial charge is 0.339 e. The van der Waals surface area contributed by atoms with Crippen molar-refractivity contribution in [1.29, 1.82) is 0 Å². The highest BCUT2D eigenvalue weighted by Crippen LogP contribution is 2.24. The molecule has 0 unspecified atom stereocenters. The topological polar surface area (TPSA) is 49.6 Å². The van der Waals surface area contributed by atoms with Gasteiger partial charge in [0.15, 0.2) is 0 Å². The highest BCUT2D eigenvalue weighted by Gasteiger charge is 2.27. The normalized spacial score (nSPS) is 24.1. The number of nitrogens with zero attached hydrogens (tertiary/aromatic N) is 2. The van der Waals surface area contributed by atoms with Crippen molar-refractivity contribution in [3.8, 4) is 0 Å². The van der Waals surface area contributed by atoms with E-state index in [1.807, 2.05) is 18.7 Å². The number of carbonyl (C=O) groups excluding carboxylic acids is 1. The molecular weight excluding hydrogens is 250 g/mol. The van der Waals surface area contributed by atoms with E-state index in [9.17, 15) is 4.79 Å². The van der Waals surface area contributed by atoms with Crippen molar-refractivity contribution in [3.05, 3.63) is 0 Å². The number of piperazine rings is 1. The van der Waals surface area contributed by atoms with Crippen LogP contribution in [0.15, 0.2) is 0 Å². The molecule has 2 fully saturated rings. The maximum Gasteiger partial charge on any atom is 0.239 e. The lowest BCUT2D eigenvalue weighted by atomic mass is 9.89. The van der Waals surface area contributed by atoms with Gasteiger partial charge in [-0.3, -0.25) is 9.69 Å². The van der Waals surface area contributed by atoms with Crippen LogP contribution in [0.25, 0.3) is 0 Å². The molecule has 20 heavy (non-hydrogen) atoms. The number of hydrogen-bond donors (Lipinski definition) is 1. The zero-order valence-electron chi connectivity index (χ0n) is 13.2. The molecule has 0 radical (unpaired) electrons. The fourth-order valence-corrected chi connectivity index (χ4v) is 3.38. The van der Waals surface area contributed by atoms with Crippen molar-refractivity contribution >= 4 is 5.91 Å². The third-order valence-corrected chi connectivity index (χ3v) is 4.93. The van der Waals surface area contributed by atoms with Gasteiger partial charge in [-0.15, -0.1) is 0 Å². The van der Waals surface area contributed by atoms with Crippen LogP contribution in [0.1, 0.15) is 46.0 Å². The highest BCUT2D eigenvalue weighted by molar-refractivity contribution is 5.82. The van der Waals surface area contributed by atoms with Crippen molar-refractivity contribution in [1.82, 2.24) is 9.80 Å². The van der Waals surface area contributed by atoms with Gasteiger partial charge in [0.1, 0.15) is 0 Å². The lowest BCUT2D eigenvalue weighted by molar-refractivity contribution is -0.135. The monoisotopic (exact) mass is 281 g/mol. The minimum atomic E-state index is -0.333. The predicted octanol–water partition coefficient (Wildman–Crippen LogP) is 1.69. The number of hydrogen-bond acceptors (Lipinski definition) is 3. The van der Waals surface area contributed by atoms with Gasteiger partial charge in [-0.05, 0) is 24.7 Å². The van der Waals surface area contributed by atoms with Gasteiger partial charge in [0, 0.05) is 32.7 Å². The van der Waals surface area contributed by atoms with Crippen LogP contribution in [0.5, 0.6) is 0 Å². The summed E-state index contributed by atoms with van der Waals surface area (Å²) in [6.45, 7) is 9.01. The molecule has 1 amide bonds. The molecule has 4 heteroatoms. The van der Waals surface area contributed by atoms with E-state index >= 15 is 0 Å². The minimum absolute atomic E-state index is 0.136. The lowest BCUT2D eigenvalue weighted by Gasteiger charge is -2.38. The first-order chi connectivity index (χ1) is 9.58. The third-order valence-electron chi connectivity index (χ3n) is 4.93. The second kappa shape index (κ2) is 7.41. The Labute approximate surface area is 123 Å². The molecule has 1 atom stereocenters. The predicted molar refractivity (Wildman–Crippen MR) is 82.4 cm³/mol. The van der Waals surface area contributed by atoms with Crippen molar-refractivity contribution in [2.45, 2.75) is 52.0 Å². The number of carbonyl (C=O) groups is 1. The summed E-state index contributed by atoms with van der Waals surface area (Å²) in [5, 5.41) is 0. The molecule has 0 aromatic heterocycles. The van der Waals surface area contributed by atoms with E-state index in [0.29, 0.717) is 0 Å². The molecule has 0 aromatic carbocycles. The van der Waals surface area contributed by atoms with Gasteiger partial charge in [-0.1, -0.05) is 33.1 Å². The Balaban J connectivity index is 1.73. The molecule has 116 valence electrons. The van der Waals surface area contributed by atoms with E-state index in [0.717, 1.165) is 32.1 Å². The Morgan fingerprint density at radius 3 is 2.25 bits per heavy atom. The van der Waals surface area contributed by atoms with Gasteiger partial charge in [0.2, 0.25) is 5.91 Å². The minimum Gasteiger partial charge on any atom is -0.339 e. The summed E-state index contributed by atoms with van der Waals surface area (Å²) in [6, 6.07) is -0.333. The van der Waals surface area contributed by atoms with Crippen LogP contribution in [-0.2, 0) is 4.79 Å². The molecule has 1 saturated carbocycles. The molecule has 0 spiro atoms. The quantitative estimate of drug-likeness (QED) is 0.853. The summed E-state index contributed by atoms with van der Waals surface area (Å²) < 4.78 is 0. The Kier molecular flexibility index (Phi) is 5.85. The van der Waals surface area contributed by atoms with Gasteiger partial charge in [0.25, 0.3) is 0 Å². The number of rotatable bonds is 4. The molecule has 1 aliphatic heterocycles. The Hall–Kier alpha value is -0.610. The van der Waals surface area contributed by atoms with E-state index in [1.165, 1.54) is 38.6 Å². The fourth-order valence-electron chi connectivity index (χ4n) is 3.38. The maximum absolute atomic E-state index is 12.2. The van der Waals surface area contributed by atoms with Crippen LogP contribution >= 0.6 is 0 Å². The van der Waals surface area contributed by atoms with Gasteiger partial charge >= 0.3 is 0 Å². The summed E-state index contributed by atoms with van der Waals surface area (Å²) in [5.74, 6) is 1.25. The zero-order chi connectivity index (χ0) is 14.5.